The number of likely N-dealkylation sites (N-methyl/N-ethyl adjacent to an activating group) is 1. The van der Waals surface area contributed by atoms with E-state index in [1.54, 1.807) is 6.08 Å². The highest BCUT2D eigenvalue weighted by Gasteiger charge is 2.61. The molecule has 0 radical (unpaired) electrons. The Morgan fingerprint density at radius 3 is 2.64 bits per heavy atom. The SMILES string of the molecule is CC(=O)O[C@H]1CC[C@H]2[C@@H]3CC[C@H]4N(C)C(=O)C=C[C@]4(C)[C@H]3CC[C@]12C. The summed E-state index contributed by atoms with van der Waals surface area (Å²) < 4.78 is 5.72. The summed E-state index contributed by atoms with van der Waals surface area (Å²) in [4.78, 5) is 25.6. The standard InChI is InChI=1S/C21H31NO3/c1-13(23)25-18-8-6-15-14-5-7-17-20(2,12-10-19(24)22(17)4)16(14)9-11-21(15,18)3/h10,12,14-18H,5-9,11H2,1-4H3/t14-,15-,16-,17+,18-,20+,21-/m0/s1. The highest BCUT2D eigenvalue weighted by molar-refractivity contribution is 5.89. The molecule has 1 amide bonds. The molecule has 4 rings (SSSR count). The number of ether oxygens (including phenoxy) is 1. The Labute approximate surface area is 151 Å². The van der Waals surface area contributed by atoms with Gasteiger partial charge < -0.3 is 9.64 Å². The summed E-state index contributed by atoms with van der Waals surface area (Å²) in [5.41, 5.74) is 0.225. The number of carbonyl (C=O) groups is 2. The minimum atomic E-state index is -0.139. The predicted octanol–water partition coefficient (Wildman–Crippen LogP) is 3.56. The normalized spacial score (nSPS) is 48.6. The maximum Gasteiger partial charge on any atom is 0.302 e. The van der Waals surface area contributed by atoms with Crippen LogP contribution in [0.15, 0.2) is 12.2 Å². The van der Waals surface area contributed by atoms with Gasteiger partial charge >= 0.3 is 5.97 Å². The maximum absolute atomic E-state index is 12.1. The Bertz CT molecular complexity index is 629. The molecule has 0 spiro atoms. The van der Waals surface area contributed by atoms with E-state index in [1.807, 2.05) is 11.9 Å². The molecule has 4 nitrogen and oxygen atoms in total. The molecule has 3 saturated carbocycles. The van der Waals surface area contributed by atoms with E-state index in [-0.39, 0.29) is 28.8 Å². The maximum atomic E-state index is 12.1. The van der Waals surface area contributed by atoms with E-state index < -0.39 is 0 Å². The van der Waals surface area contributed by atoms with E-state index in [2.05, 4.69) is 19.9 Å². The van der Waals surface area contributed by atoms with E-state index in [4.69, 9.17) is 4.74 Å². The van der Waals surface area contributed by atoms with E-state index in [0.717, 1.165) is 19.3 Å². The molecule has 0 aromatic carbocycles. The van der Waals surface area contributed by atoms with Gasteiger partial charge in [-0.15, -0.1) is 0 Å². The van der Waals surface area contributed by atoms with Gasteiger partial charge in [0.05, 0.1) is 0 Å². The van der Waals surface area contributed by atoms with Crippen LogP contribution >= 0.6 is 0 Å². The largest absolute Gasteiger partial charge is 0.462 e. The lowest BCUT2D eigenvalue weighted by atomic mass is 9.48. The first-order chi connectivity index (χ1) is 11.8. The summed E-state index contributed by atoms with van der Waals surface area (Å²) in [6, 6.07) is 0.335. The van der Waals surface area contributed by atoms with Gasteiger partial charge in [-0.05, 0) is 62.4 Å². The lowest BCUT2D eigenvalue weighted by molar-refractivity contribution is -0.159. The minimum Gasteiger partial charge on any atom is -0.462 e. The van der Waals surface area contributed by atoms with Gasteiger partial charge in [-0.1, -0.05) is 19.9 Å². The first kappa shape index (κ1) is 17.1. The summed E-state index contributed by atoms with van der Waals surface area (Å²) in [5, 5.41) is 0. The predicted molar refractivity (Wildman–Crippen MR) is 95.6 cm³/mol. The molecule has 0 unspecified atom stereocenters. The molecule has 3 aliphatic carbocycles. The van der Waals surface area contributed by atoms with Crippen molar-refractivity contribution in [1.29, 1.82) is 0 Å². The molecule has 138 valence electrons. The van der Waals surface area contributed by atoms with Crippen molar-refractivity contribution in [2.45, 2.75) is 71.4 Å². The molecule has 0 bridgehead atoms. The average Bonchev–Trinajstić information content (AvgIpc) is 2.88. The van der Waals surface area contributed by atoms with Crippen molar-refractivity contribution in [2.75, 3.05) is 7.05 Å². The number of fused-ring (bicyclic) bond motifs is 5. The van der Waals surface area contributed by atoms with Gasteiger partial charge in [-0.3, -0.25) is 9.59 Å². The van der Waals surface area contributed by atoms with E-state index >= 15 is 0 Å². The fraction of sp³-hybridized carbons (Fsp3) is 0.810. The lowest BCUT2D eigenvalue weighted by Crippen LogP contribution is -2.59. The van der Waals surface area contributed by atoms with Crippen LogP contribution < -0.4 is 0 Å². The molecule has 3 fully saturated rings. The van der Waals surface area contributed by atoms with Crippen molar-refractivity contribution in [3.63, 3.8) is 0 Å². The topological polar surface area (TPSA) is 46.6 Å². The van der Waals surface area contributed by atoms with Crippen LogP contribution in [0.5, 0.6) is 0 Å². The van der Waals surface area contributed by atoms with E-state index in [0.29, 0.717) is 23.8 Å². The fourth-order valence-corrected chi connectivity index (χ4v) is 7.08. The quantitative estimate of drug-likeness (QED) is 0.683. The van der Waals surface area contributed by atoms with Crippen LogP contribution in [-0.2, 0) is 14.3 Å². The number of nitrogens with zero attached hydrogens (tertiary/aromatic N) is 1. The summed E-state index contributed by atoms with van der Waals surface area (Å²) in [7, 11) is 1.97. The zero-order valence-electron chi connectivity index (χ0n) is 16.0. The minimum absolute atomic E-state index is 0.0897. The zero-order chi connectivity index (χ0) is 18.0. The van der Waals surface area contributed by atoms with Crippen LogP contribution in [0.25, 0.3) is 0 Å². The Morgan fingerprint density at radius 2 is 1.92 bits per heavy atom. The summed E-state index contributed by atoms with van der Waals surface area (Å²) >= 11 is 0. The second-order valence-corrected chi connectivity index (χ2v) is 9.34. The van der Waals surface area contributed by atoms with Gasteiger partial charge in [0.25, 0.3) is 0 Å². The van der Waals surface area contributed by atoms with Crippen molar-refractivity contribution in [3.8, 4) is 0 Å². The van der Waals surface area contributed by atoms with Crippen molar-refractivity contribution in [1.82, 2.24) is 4.90 Å². The van der Waals surface area contributed by atoms with Crippen LogP contribution in [0.2, 0.25) is 0 Å². The van der Waals surface area contributed by atoms with Crippen LogP contribution in [0.3, 0.4) is 0 Å². The number of esters is 1. The summed E-state index contributed by atoms with van der Waals surface area (Å²) in [6.07, 6.45) is 10.9. The Kier molecular flexibility index (Phi) is 3.82. The molecule has 0 N–H and O–H groups in total. The second kappa shape index (κ2) is 5.59. The third kappa shape index (κ3) is 2.32. The molecule has 4 aliphatic rings. The number of amides is 1. The zero-order valence-corrected chi connectivity index (χ0v) is 16.0. The summed E-state index contributed by atoms with van der Waals surface area (Å²) in [5.74, 6) is 1.97. The average molecular weight is 345 g/mol. The second-order valence-electron chi connectivity index (χ2n) is 9.34. The third-order valence-corrected chi connectivity index (χ3v) is 8.35. The number of hydrogen-bond donors (Lipinski definition) is 0. The van der Waals surface area contributed by atoms with Crippen molar-refractivity contribution < 1.29 is 14.3 Å². The van der Waals surface area contributed by atoms with Crippen LogP contribution in [0.1, 0.15) is 59.3 Å². The molecule has 1 aliphatic heterocycles. The third-order valence-electron chi connectivity index (χ3n) is 8.35. The van der Waals surface area contributed by atoms with Crippen LogP contribution in [0, 0.1) is 28.6 Å². The molecule has 25 heavy (non-hydrogen) atoms. The molecule has 7 atom stereocenters. The number of carbonyl (C=O) groups excluding carboxylic acids is 2. The first-order valence-corrected chi connectivity index (χ1v) is 9.90. The molecule has 4 heteroatoms. The van der Waals surface area contributed by atoms with Gasteiger partial charge in [0.2, 0.25) is 5.91 Å². The fourth-order valence-electron chi connectivity index (χ4n) is 7.08. The Morgan fingerprint density at radius 1 is 1.16 bits per heavy atom. The molecule has 0 aromatic rings. The van der Waals surface area contributed by atoms with E-state index in [1.165, 1.54) is 26.2 Å². The molecule has 1 heterocycles. The summed E-state index contributed by atoms with van der Waals surface area (Å²) in [6.45, 7) is 6.26. The monoisotopic (exact) mass is 345 g/mol. The highest BCUT2D eigenvalue weighted by Crippen LogP contribution is 2.64. The lowest BCUT2D eigenvalue weighted by Gasteiger charge is -2.60. The number of rotatable bonds is 1. The number of hydrogen-bond acceptors (Lipinski definition) is 3. The van der Waals surface area contributed by atoms with E-state index in [9.17, 15) is 9.59 Å². The van der Waals surface area contributed by atoms with Crippen molar-refractivity contribution >= 4 is 11.9 Å². The smallest absolute Gasteiger partial charge is 0.302 e. The molecular formula is C21H31NO3. The molecule has 0 saturated heterocycles. The van der Waals surface area contributed by atoms with Crippen molar-refractivity contribution in [2.24, 2.45) is 28.6 Å². The van der Waals surface area contributed by atoms with Gasteiger partial charge in [-0.2, -0.15) is 0 Å². The van der Waals surface area contributed by atoms with Crippen LogP contribution in [-0.4, -0.2) is 36.0 Å². The van der Waals surface area contributed by atoms with Crippen molar-refractivity contribution in [3.05, 3.63) is 12.2 Å². The Balaban J connectivity index is 1.63. The Hall–Kier alpha value is -1.32. The van der Waals surface area contributed by atoms with Gasteiger partial charge in [0.1, 0.15) is 6.10 Å². The van der Waals surface area contributed by atoms with Gasteiger partial charge in [0.15, 0.2) is 0 Å². The molecular weight excluding hydrogens is 314 g/mol. The first-order valence-electron chi connectivity index (χ1n) is 9.90. The van der Waals surface area contributed by atoms with Gasteiger partial charge in [0, 0.05) is 30.8 Å². The molecule has 0 aromatic heterocycles. The highest BCUT2D eigenvalue weighted by atomic mass is 16.5. The van der Waals surface area contributed by atoms with Gasteiger partial charge in [-0.25, -0.2) is 0 Å². The van der Waals surface area contributed by atoms with Crippen LogP contribution in [0.4, 0.5) is 0 Å².